The van der Waals surface area contributed by atoms with Crippen molar-refractivity contribution in [1.82, 2.24) is 10.9 Å². The summed E-state index contributed by atoms with van der Waals surface area (Å²) in [6.07, 6.45) is 2.84. The van der Waals surface area contributed by atoms with Crippen molar-refractivity contribution in [2.45, 2.75) is 6.92 Å². The van der Waals surface area contributed by atoms with Crippen LogP contribution >= 0.6 is 11.6 Å². The first-order valence-electron chi connectivity index (χ1n) is 7.25. The van der Waals surface area contributed by atoms with E-state index in [1.807, 2.05) is 25.1 Å². The molecule has 0 atom stereocenters. The van der Waals surface area contributed by atoms with Crippen molar-refractivity contribution < 1.29 is 14.3 Å². The number of carbonyl (C=O) groups excluding carboxylic acids is 2. The summed E-state index contributed by atoms with van der Waals surface area (Å²) < 4.78 is 5.30. The summed E-state index contributed by atoms with van der Waals surface area (Å²) >= 11 is 5.98. The fourth-order valence-corrected chi connectivity index (χ4v) is 1.97. The number of halogens is 1. The molecule has 0 aromatic heterocycles. The normalized spacial score (nSPS) is 10.4. The Bertz CT molecular complexity index is 742. The Kier molecular flexibility index (Phi) is 6.40. The molecule has 2 aromatic carbocycles. The summed E-state index contributed by atoms with van der Waals surface area (Å²) in [5, 5.41) is 0.539. The predicted molar refractivity (Wildman–Crippen MR) is 93.4 cm³/mol. The van der Waals surface area contributed by atoms with Crippen LogP contribution in [0.4, 0.5) is 0 Å². The molecule has 0 saturated carbocycles. The molecule has 0 radical (unpaired) electrons. The van der Waals surface area contributed by atoms with Crippen LogP contribution in [0.1, 0.15) is 11.1 Å². The highest BCUT2D eigenvalue weighted by Crippen LogP contribution is 2.16. The third-order valence-corrected chi connectivity index (χ3v) is 3.38. The van der Waals surface area contributed by atoms with E-state index in [4.69, 9.17) is 16.3 Å². The van der Waals surface area contributed by atoms with Gasteiger partial charge in [0, 0.05) is 11.1 Å². The molecule has 2 amide bonds. The molecule has 0 heterocycles. The van der Waals surface area contributed by atoms with Gasteiger partial charge in [-0.2, -0.15) is 0 Å². The van der Waals surface area contributed by atoms with Gasteiger partial charge in [-0.25, -0.2) is 0 Å². The lowest BCUT2D eigenvalue weighted by molar-refractivity contribution is -0.128. The highest BCUT2D eigenvalue weighted by molar-refractivity contribution is 6.32. The van der Waals surface area contributed by atoms with Gasteiger partial charge in [-0.1, -0.05) is 47.5 Å². The quantitative estimate of drug-likeness (QED) is 0.647. The molecule has 124 valence electrons. The number of hydrazine groups is 1. The van der Waals surface area contributed by atoms with E-state index >= 15 is 0 Å². The van der Waals surface area contributed by atoms with Crippen molar-refractivity contribution in [2.75, 3.05) is 6.61 Å². The van der Waals surface area contributed by atoms with Crippen molar-refractivity contribution in [3.63, 3.8) is 0 Å². The maximum Gasteiger partial charge on any atom is 0.276 e. The van der Waals surface area contributed by atoms with Crippen molar-refractivity contribution >= 4 is 29.5 Å². The Hall–Kier alpha value is -2.79. The first-order valence-corrected chi connectivity index (χ1v) is 7.63. The minimum absolute atomic E-state index is 0.197. The Balaban J connectivity index is 1.74. The number of benzene rings is 2. The van der Waals surface area contributed by atoms with E-state index in [0.717, 1.165) is 5.56 Å². The summed E-state index contributed by atoms with van der Waals surface area (Å²) in [6.45, 7) is 1.76. The molecule has 0 unspecified atom stereocenters. The fourth-order valence-electron chi connectivity index (χ4n) is 1.77. The van der Waals surface area contributed by atoms with Gasteiger partial charge in [0.15, 0.2) is 6.61 Å². The van der Waals surface area contributed by atoms with E-state index in [2.05, 4.69) is 10.9 Å². The Labute approximate surface area is 145 Å². The van der Waals surface area contributed by atoms with Crippen molar-refractivity contribution in [3.8, 4) is 5.75 Å². The Morgan fingerprint density at radius 2 is 1.79 bits per heavy atom. The highest BCUT2D eigenvalue weighted by Gasteiger charge is 2.04. The molecule has 5 nitrogen and oxygen atoms in total. The summed E-state index contributed by atoms with van der Waals surface area (Å²) in [5.74, 6) is -0.352. The second kappa shape index (κ2) is 8.74. The molecule has 6 heteroatoms. The number of ether oxygens (including phenoxy) is 1. The average Bonchev–Trinajstić information content (AvgIpc) is 2.58. The summed E-state index contributed by atoms with van der Waals surface area (Å²) in [6, 6.07) is 14.4. The minimum Gasteiger partial charge on any atom is -0.484 e. The molecule has 2 aromatic rings. The number of hydrogen-bond donors (Lipinski definition) is 2. The number of amides is 2. The SMILES string of the molecule is Cc1ccc(OCC(=O)NNC(=O)C=Cc2ccccc2Cl)cc1. The molecule has 2 N–H and O–H groups in total. The van der Waals surface area contributed by atoms with Crippen molar-refractivity contribution in [3.05, 3.63) is 70.8 Å². The van der Waals surface area contributed by atoms with Crippen LogP contribution in [-0.4, -0.2) is 18.4 Å². The highest BCUT2D eigenvalue weighted by atomic mass is 35.5. The number of carbonyl (C=O) groups is 2. The van der Waals surface area contributed by atoms with Gasteiger partial charge in [-0.3, -0.25) is 20.4 Å². The van der Waals surface area contributed by atoms with Crippen LogP contribution in [0.25, 0.3) is 6.08 Å². The minimum atomic E-state index is -0.474. The molecule has 0 aliphatic carbocycles. The lowest BCUT2D eigenvalue weighted by Crippen LogP contribution is -2.43. The molecule has 0 fully saturated rings. The topological polar surface area (TPSA) is 67.4 Å². The molecule has 0 spiro atoms. The van der Waals surface area contributed by atoms with Gasteiger partial charge in [0.25, 0.3) is 11.8 Å². The van der Waals surface area contributed by atoms with Crippen molar-refractivity contribution in [1.29, 1.82) is 0 Å². The monoisotopic (exact) mass is 344 g/mol. The summed E-state index contributed by atoms with van der Waals surface area (Å²) in [4.78, 5) is 23.3. The van der Waals surface area contributed by atoms with Gasteiger partial charge in [0.2, 0.25) is 0 Å². The average molecular weight is 345 g/mol. The van der Waals surface area contributed by atoms with Gasteiger partial charge in [0.05, 0.1) is 0 Å². The second-order valence-corrected chi connectivity index (χ2v) is 5.40. The van der Waals surface area contributed by atoms with E-state index in [9.17, 15) is 9.59 Å². The molecule has 2 rings (SSSR count). The standard InChI is InChI=1S/C18H17ClN2O3/c1-13-6-9-15(10-7-13)24-12-18(23)21-20-17(22)11-8-14-4-2-3-5-16(14)19/h2-11H,12H2,1H3,(H,20,22)(H,21,23). The maximum atomic E-state index is 11.6. The van der Waals surface area contributed by atoms with E-state index < -0.39 is 11.8 Å². The zero-order valence-corrected chi connectivity index (χ0v) is 13.8. The summed E-state index contributed by atoms with van der Waals surface area (Å²) in [5.41, 5.74) is 6.35. The Morgan fingerprint density at radius 1 is 1.08 bits per heavy atom. The lowest BCUT2D eigenvalue weighted by atomic mass is 10.2. The molecular weight excluding hydrogens is 328 g/mol. The molecule has 0 bridgehead atoms. The van der Waals surface area contributed by atoms with E-state index in [1.165, 1.54) is 6.08 Å². The van der Waals surface area contributed by atoms with Gasteiger partial charge in [-0.05, 0) is 36.8 Å². The first kappa shape index (κ1) is 17.6. The summed E-state index contributed by atoms with van der Waals surface area (Å²) in [7, 11) is 0. The van der Waals surface area contributed by atoms with Gasteiger partial charge in [0.1, 0.15) is 5.75 Å². The largest absolute Gasteiger partial charge is 0.484 e. The Morgan fingerprint density at radius 3 is 2.50 bits per heavy atom. The van der Waals surface area contributed by atoms with Gasteiger partial charge >= 0.3 is 0 Å². The predicted octanol–water partition coefficient (Wildman–Crippen LogP) is 2.89. The van der Waals surface area contributed by atoms with Gasteiger partial charge < -0.3 is 4.74 Å². The molecule has 0 aliphatic heterocycles. The van der Waals surface area contributed by atoms with Crippen LogP contribution in [0, 0.1) is 6.92 Å². The van der Waals surface area contributed by atoms with Crippen LogP contribution in [0.3, 0.4) is 0 Å². The molecule has 0 aliphatic rings. The third kappa shape index (κ3) is 5.78. The zero-order chi connectivity index (χ0) is 17.4. The van der Waals surface area contributed by atoms with Gasteiger partial charge in [-0.15, -0.1) is 0 Å². The third-order valence-electron chi connectivity index (χ3n) is 3.04. The number of rotatable bonds is 5. The lowest BCUT2D eigenvalue weighted by Gasteiger charge is -2.07. The van der Waals surface area contributed by atoms with E-state index in [1.54, 1.807) is 36.4 Å². The number of hydrogen-bond acceptors (Lipinski definition) is 3. The zero-order valence-electron chi connectivity index (χ0n) is 13.1. The van der Waals surface area contributed by atoms with Crippen LogP contribution in [0.5, 0.6) is 5.75 Å². The molecular formula is C18H17ClN2O3. The number of aryl methyl sites for hydroxylation is 1. The first-order chi connectivity index (χ1) is 11.5. The number of nitrogens with one attached hydrogen (secondary N) is 2. The molecule has 0 saturated heterocycles. The fraction of sp³-hybridized carbons (Fsp3) is 0.111. The smallest absolute Gasteiger partial charge is 0.276 e. The maximum absolute atomic E-state index is 11.6. The van der Waals surface area contributed by atoms with E-state index in [0.29, 0.717) is 16.3 Å². The van der Waals surface area contributed by atoms with Crippen LogP contribution in [-0.2, 0) is 9.59 Å². The van der Waals surface area contributed by atoms with Crippen LogP contribution in [0.15, 0.2) is 54.6 Å². The van der Waals surface area contributed by atoms with Crippen molar-refractivity contribution in [2.24, 2.45) is 0 Å². The van der Waals surface area contributed by atoms with Crippen LogP contribution in [0.2, 0.25) is 5.02 Å². The molecule has 24 heavy (non-hydrogen) atoms. The van der Waals surface area contributed by atoms with E-state index in [-0.39, 0.29) is 6.61 Å². The van der Waals surface area contributed by atoms with Crippen LogP contribution < -0.4 is 15.6 Å². The second-order valence-electron chi connectivity index (χ2n) is 4.99.